The molecule has 0 saturated carbocycles. The van der Waals surface area contributed by atoms with Crippen LogP contribution in [-0.2, 0) is 19.4 Å². The van der Waals surface area contributed by atoms with Gasteiger partial charge in [0, 0.05) is 23.9 Å². The summed E-state index contributed by atoms with van der Waals surface area (Å²) in [4.78, 5) is 7.40. The van der Waals surface area contributed by atoms with Crippen LogP contribution in [0.3, 0.4) is 0 Å². The Balaban J connectivity index is 1.08. The van der Waals surface area contributed by atoms with E-state index in [4.69, 9.17) is 10.1 Å². The maximum Gasteiger partial charge on any atom is 0.156 e. The first-order valence-electron chi connectivity index (χ1n) is 13.1. The molecule has 1 saturated heterocycles. The molecule has 0 spiro atoms. The van der Waals surface area contributed by atoms with Crippen molar-refractivity contribution in [1.82, 2.24) is 29.3 Å². The van der Waals surface area contributed by atoms with Crippen molar-refractivity contribution >= 4 is 28.7 Å². The lowest BCUT2D eigenvalue weighted by molar-refractivity contribution is 0.334. The molecule has 5 heterocycles. The molecule has 0 bridgehead atoms. The van der Waals surface area contributed by atoms with Gasteiger partial charge in [0.15, 0.2) is 11.5 Å². The summed E-state index contributed by atoms with van der Waals surface area (Å²) in [5.74, 6) is 1.84. The SMILES string of the molecule is c1csc(SCCn2cc(-c3cccc4nc(Cc5ccc(CCCN6CCCC6)cc5)nn34)cn2)c1. The number of rotatable bonds is 11. The van der Waals surface area contributed by atoms with Crippen LogP contribution in [0.1, 0.15) is 36.2 Å². The van der Waals surface area contributed by atoms with Crippen LogP contribution in [0.2, 0.25) is 0 Å². The number of hydrogen-bond donors (Lipinski definition) is 0. The molecule has 1 fully saturated rings. The van der Waals surface area contributed by atoms with Crippen LogP contribution in [0.25, 0.3) is 16.9 Å². The van der Waals surface area contributed by atoms with Crippen LogP contribution in [0.15, 0.2) is 76.6 Å². The van der Waals surface area contributed by atoms with Crippen molar-refractivity contribution in [2.75, 3.05) is 25.4 Å². The molecule has 0 unspecified atom stereocenters. The zero-order chi connectivity index (χ0) is 24.9. The second kappa shape index (κ2) is 11.6. The molecule has 1 aliphatic rings. The van der Waals surface area contributed by atoms with E-state index in [-0.39, 0.29) is 0 Å². The van der Waals surface area contributed by atoms with Crippen molar-refractivity contribution in [2.45, 2.75) is 42.9 Å². The van der Waals surface area contributed by atoms with Crippen molar-refractivity contribution in [3.05, 3.63) is 89.3 Å². The first-order chi connectivity index (χ1) is 18.3. The Morgan fingerprint density at radius 3 is 2.62 bits per heavy atom. The largest absolute Gasteiger partial charge is 0.303 e. The summed E-state index contributed by atoms with van der Waals surface area (Å²) in [7, 11) is 0. The summed E-state index contributed by atoms with van der Waals surface area (Å²) in [5, 5.41) is 11.6. The third kappa shape index (κ3) is 6.14. The summed E-state index contributed by atoms with van der Waals surface area (Å²) in [6.45, 7) is 4.66. The van der Waals surface area contributed by atoms with Gasteiger partial charge in [-0.2, -0.15) is 10.2 Å². The highest BCUT2D eigenvalue weighted by Gasteiger charge is 2.12. The number of thiophene rings is 1. The molecule has 4 aromatic heterocycles. The molecule has 6 rings (SSSR count). The second-order valence-electron chi connectivity index (χ2n) is 9.63. The second-order valence-corrected chi connectivity index (χ2v) is 12.0. The van der Waals surface area contributed by atoms with E-state index in [1.54, 1.807) is 11.3 Å². The molecule has 0 N–H and O–H groups in total. The summed E-state index contributed by atoms with van der Waals surface area (Å²) in [5.41, 5.74) is 5.60. The lowest BCUT2D eigenvalue weighted by Crippen LogP contribution is -2.20. The highest BCUT2D eigenvalue weighted by Crippen LogP contribution is 2.24. The lowest BCUT2D eigenvalue weighted by Gasteiger charge is -2.13. The molecule has 1 aliphatic heterocycles. The fraction of sp³-hybridized carbons (Fsp3) is 0.345. The average Bonchev–Trinajstić information content (AvgIpc) is 3.72. The molecule has 0 amide bonds. The molecule has 1 aromatic carbocycles. The maximum atomic E-state index is 4.87. The molecule has 37 heavy (non-hydrogen) atoms. The Kier molecular flexibility index (Phi) is 7.67. The number of benzene rings is 1. The standard InChI is InChI=1S/C29H32N6S2/c1-2-15-33(14-1)16-4-6-23-10-12-24(13-11-23)20-27-31-28-8-3-7-26(35(28)32-27)25-21-30-34(22-25)17-19-37-29-9-5-18-36-29/h3,5,7-13,18,21-22H,1-2,4,6,14-17,19-20H2. The zero-order valence-corrected chi connectivity index (χ0v) is 22.6. The van der Waals surface area contributed by atoms with Crippen LogP contribution in [0.4, 0.5) is 0 Å². The van der Waals surface area contributed by atoms with Crippen LogP contribution >= 0.6 is 23.1 Å². The van der Waals surface area contributed by atoms with Crippen LogP contribution in [0.5, 0.6) is 0 Å². The van der Waals surface area contributed by atoms with Crippen LogP contribution in [0, 0.1) is 0 Å². The Bertz CT molecular complexity index is 1410. The van der Waals surface area contributed by atoms with E-state index >= 15 is 0 Å². The van der Waals surface area contributed by atoms with Gasteiger partial charge in [0.05, 0.1) is 22.6 Å². The van der Waals surface area contributed by atoms with Crippen LogP contribution < -0.4 is 0 Å². The van der Waals surface area contributed by atoms with E-state index in [2.05, 4.69) is 64.0 Å². The van der Waals surface area contributed by atoms with E-state index in [0.29, 0.717) is 0 Å². The summed E-state index contributed by atoms with van der Waals surface area (Å²) >= 11 is 3.66. The quantitative estimate of drug-likeness (QED) is 0.195. The molecule has 190 valence electrons. The number of hydrogen-bond acceptors (Lipinski definition) is 6. The van der Waals surface area contributed by atoms with Crippen molar-refractivity contribution in [3.8, 4) is 11.3 Å². The Labute approximate surface area is 226 Å². The van der Waals surface area contributed by atoms with E-state index in [1.807, 2.05) is 39.3 Å². The van der Waals surface area contributed by atoms with Gasteiger partial charge in [-0.15, -0.1) is 23.1 Å². The highest BCUT2D eigenvalue weighted by molar-refractivity contribution is 8.01. The van der Waals surface area contributed by atoms with Crippen molar-refractivity contribution in [2.24, 2.45) is 0 Å². The minimum Gasteiger partial charge on any atom is -0.303 e. The highest BCUT2D eigenvalue weighted by atomic mass is 32.2. The molecule has 0 radical (unpaired) electrons. The summed E-state index contributed by atoms with van der Waals surface area (Å²) in [6, 6.07) is 19.4. The van der Waals surface area contributed by atoms with Crippen molar-refractivity contribution in [3.63, 3.8) is 0 Å². The third-order valence-electron chi connectivity index (χ3n) is 6.92. The van der Waals surface area contributed by atoms with Gasteiger partial charge in [0.25, 0.3) is 0 Å². The predicted octanol–water partition coefficient (Wildman–Crippen LogP) is 6.07. The number of nitrogens with zero attached hydrogens (tertiary/aromatic N) is 6. The monoisotopic (exact) mass is 528 g/mol. The van der Waals surface area contributed by atoms with E-state index in [0.717, 1.165) is 47.9 Å². The smallest absolute Gasteiger partial charge is 0.156 e. The van der Waals surface area contributed by atoms with Crippen LogP contribution in [-0.4, -0.2) is 54.7 Å². The summed E-state index contributed by atoms with van der Waals surface area (Å²) in [6.07, 6.45) is 9.88. The molecular formula is C29H32N6S2. The predicted molar refractivity (Wildman–Crippen MR) is 152 cm³/mol. The number of likely N-dealkylation sites (tertiary alicyclic amines) is 1. The van der Waals surface area contributed by atoms with Crippen molar-refractivity contribution in [1.29, 1.82) is 0 Å². The number of thioether (sulfide) groups is 1. The average molecular weight is 529 g/mol. The van der Waals surface area contributed by atoms with E-state index in [1.165, 1.54) is 54.2 Å². The van der Waals surface area contributed by atoms with Gasteiger partial charge in [-0.3, -0.25) is 4.68 Å². The van der Waals surface area contributed by atoms with E-state index < -0.39 is 0 Å². The molecule has 5 aromatic rings. The Hall–Kier alpha value is -2.94. The first-order valence-corrected chi connectivity index (χ1v) is 15.0. The lowest BCUT2D eigenvalue weighted by atomic mass is 10.1. The minimum absolute atomic E-state index is 0.731. The van der Waals surface area contributed by atoms with Gasteiger partial charge in [0.2, 0.25) is 0 Å². The van der Waals surface area contributed by atoms with Gasteiger partial charge in [-0.1, -0.05) is 36.4 Å². The molecule has 6 nitrogen and oxygen atoms in total. The molecular weight excluding hydrogens is 496 g/mol. The van der Waals surface area contributed by atoms with Crippen molar-refractivity contribution < 1.29 is 0 Å². The van der Waals surface area contributed by atoms with Gasteiger partial charge >= 0.3 is 0 Å². The number of aromatic nitrogens is 5. The third-order valence-corrected chi connectivity index (χ3v) is 9.03. The van der Waals surface area contributed by atoms with Gasteiger partial charge in [-0.05, 0) is 80.0 Å². The van der Waals surface area contributed by atoms with Gasteiger partial charge in [-0.25, -0.2) is 9.50 Å². The van der Waals surface area contributed by atoms with E-state index in [9.17, 15) is 0 Å². The normalized spacial score (nSPS) is 14.2. The Morgan fingerprint density at radius 1 is 0.919 bits per heavy atom. The Morgan fingerprint density at radius 2 is 1.78 bits per heavy atom. The minimum atomic E-state index is 0.731. The fourth-order valence-electron chi connectivity index (χ4n) is 4.97. The topological polar surface area (TPSA) is 51.2 Å². The molecule has 0 aliphatic carbocycles. The molecule has 8 heteroatoms. The van der Waals surface area contributed by atoms with Gasteiger partial charge < -0.3 is 4.90 Å². The number of aryl methyl sites for hydroxylation is 2. The van der Waals surface area contributed by atoms with Gasteiger partial charge in [0.1, 0.15) is 0 Å². The summed E-state index contributed by atoms with van der Waals surface area (Å²) < 4.78 is 5.31. The number of pyridine rings is 1. The molecule has 0 atom stereocenters. The zero-order valence-electron chi connectivity index (χ0n) is 21.0. The number of fused-ring (bicyclic) bond motifs is 1. The fourth-order valence-corrected chi connectivity index (χ4v) is 6.76. The maximum absolute atomic E-state index is 4.87. The first kappa shape index (κ1) is 24.4.